The average molecular weight is 294 g/mol. The molecule has 1 saturated carbocycles. The van der Waals surface area contributed by atoms with Gasteiger partial charge in [-0.15, -0.1) is 0 Å². The lowest BCUT2D eigenvalue weighted by Gasteiger charge is -2.43. The molecule has 1 aliphatic rings. The minimum atomic E-state index is -0.709. The van der Waals surface area contributed by atoms with E-state index in [9.17, 15) is 9.90 Å². The minimum absolute atomic E-state index is 0.214. The van der Waals surface area contributed by atoms with Crippen LogP contribution in [0, 0.1) is 0 Å². The predicted molar refractivity (Wildman–Crippen MR) is 79.8 cm³/mol. The third-order valence-electron chi connectivity index (χ3n) is 4.58. The summed E-state index contributed by atoms with van der Waals surface area (Å²) in [7, 11) is 2.03. The summed E-state index contributed by atoms with van der Waals surface area (Å²) >= 11 is 0. The molecule has 1 heterocycles. The highest BCUT2D eigenvalue weighted by Crippen LogP contribution is 2.36. The minimum Gasteiger partial charge on any atom is -0.481 e. The second-order valence-electron chi connectivity index (χ2n) is 6.11. The summed E-state index contributed by atoms with van der Waals surface area (Å²) in [6.07, 6.45) is 8.16. The molecule has 6 nitrogen and oxygen atoms in total. The molecule has 0 amide bonds. The summed E-state index contributed by atoms with van der Waals surface area (Å²) < 4.78 is 1.92. The van der Waals surface area contributed by atoms with Crippen LogP contribution in [0.2, 0.25) is 0 Å². The van der Waals surface area contributed by atoms with E-state index in [-0.39, 0.29) is 12.0 Å². The predicted octanol–water partition coefficient (Wildman–Crippen LogP) is 2.30. The quantitative estimate of drug-likeness (QED) is 0.835. The zero-order valence-electron chi connectivity index (χ0n) is 13.1. The summed E-state index contributed by atoms with van der Waals surface area (Å²) in [6.45, 7) is 3.63. The van der Waals surface area contributed by atoms with Crippen LogP contribution in [0.25, 0.3) is 0 Å². The Morgan fingerprint density at radius 3 is 2.76 bits per heavy atom. The van der Waals surface area contributed by atoms with Crippen LogP contribution < -0.4 is 0 Å². The molecule has 6 heteroatoms. The molecule has 0 saturated heterocycles. The summed E-state index contributed by atoms with van der Waals surface area (Å²) in [4.78, 5) is 17.8. The molecule has 21 heavy (non-hydrogen) atoms. The Balaban J connectivity index is 2.12. The molecular formula is C15H26N4O2. The molecule has 0 atom stereocenters. The van der Waals surface area contributed by atoms with E-state index in [0.29, 0.717) is 6.54 Å². The second kappa shape index (κ2) is 7.02. The number of carboxylic acid groups (broad SMARTS) is 1. The monoisotopic (exact) mass is 294 g/mol. The summed E-state index contributed by atoms with van der Waals surface area (Å²) in [6, 6.07) is 0. The molecule has 0 radical (unpaired) electrons. The van der Waals surface area contributed by atoms with Crippen LogP contribution in [0.5, 0.6) is 0 Å². The number of carbonyl (C=O) groups is 1. The number of hydrogen-bond donors (Lipinski definition) is 1. The van der Waals surface area contributed by atoms with E-state index in [0.717, 1.165) is 44.5 Å². The lowest BCUT2D eigenvalue weighted by atomic mass is 9.78. The summed E-state index contributed by atoms with van der Waals surface area (Å²) in [5.41, 5.74) is -0.229. The Bertz CT molecular complexity index is 466. The zero-order valence-corrected chi connectivity index (χ0v) is 13.1. The Morgan fingerprint density at radius 2 is 2.14 bits per heavy atom. The largest absolute Gasteiger partial charge is 0.481 e. The number of aliphatic carboxylic acids is 1. The molecule has 2 rings (SSSR count). The van der Waals surface area contributed by atoms with Crippen molar-refractivity contribution in [2.75, 3.05) is 7.05 Å². The van der Waals surface area contributed by atoms with Crippen LogP contribution in [0.15, 0.2) is 6.33 Å². The van der Waals surface area contributed by atoms with Crippen molar-refractivity contribution >= 4 is 5.97 Å². The first-order valence-electron chi connectivity index (χ1n) is 7.87. The fraction of sp³-hybridized carbons (Fsp3) is 0.800. The van der Waals surface area contributed by atoms with E-state index in [1.165, 1.54) is 6.42 Å². The van der Waals surface area contributed by atoms with Crippen LogP contribution in [-0.4, -0.2) is 43.3 Å². The van der Waals surface area contributed by atoms with Crippen molar-refractivity contribution in [3.05, 3.63) is 12.2 Å². The van der Waals surface area contributed by atoms with E-state index in [4.69, 9.17) is 0 Å². The van der Waals surface area contributed by atoms with Gasteiger partial charge in [0, 0.05) is 12.1 Å². The summed E-state index contributed by atoms with van der Waals surface area (Å²) in [5.74, 6) is 0.216. The van der Waals surface area contributed by atoms with Crippen LogP contribution >= 0.6 is 0 Å². The number of aryl methyl sites for hydroxylation is 1. The van der Waals surface area contributed by atoms with E-state index >= 15 is 0 Å². The molecular weight excluding hydrogens is 268 g/mol. The number of aromatic nitrogens is 3. The Kier molecular flexibility index (Phi) is 5.33. The van der Waals surface area contributed by atoms with Crippen LogP contribution in [-0.2, 0) is 17.9 Å². The van der Waals surface area contributed by atoms with Gasteiger partial charge >= 0.3 is 5.97 Å². The standard InChI is InChI=1S/C15H26N4O2/c1-3-9-19-13(16-12-17-19)11-18(2)15(10-14(20)21)7-5-4-6-8-15/h12H,3-11H2,1-2H3,(H,20,21). The molecule has 0 bridgehead atoms. The van der Waals surface area contributed by atoms with E-state index in [2.05, 4.69) is 21.9 Å². The maximum atomic E-state index is 11.3. The third-order valence-corrected chi connectivity index (χ3v) is 4.58. The zero-order chi connectivity index (χ0) is 15.3. The van der Waals surface area contributed by atoms with Gasteiger partial charge in [-0.2, -0.15) is 5.10 Å². The molecule has 0 aliphatic heterocycles. The highest BCUT2D eigenvalue weighted by molar-refractivity contribution is 5.68. The lowest BCUT2D eigenvalue weighted by molar-refractivity contribution is -0.141. The van der Waals surface area contributed by atoms with Crippen LogP contribution in [0.4, 0.5) is 0 Å². The van der Waals surface area contributed by atoms with Gasteiger partial charge in [-0.1, -0.05) is 26.2 Å². The lowest BCUT2D eigenvalue weighted by Crippen LogP contribution is -2.49. The van der Waals surface area contributed by atoms with Crippen LogP contribution in [0.1, 0.15) is 57.7 Å². The fourth-order valence-electron chi connectivity index (χ4n) is 3.37. The van der Waals surface area contributed by atoms with Crippen molar-refractivity contribution in [2.45, 2.75) is 70.5 Å². The highest BCUT2D eigenvalue weighted by atomic mass is 16.4. The van der Waals surface area contributed by atoms with E-state index < -0.39 is 5.97 Å². The normalized spacial score (nSPS) is 18.0. The van der Waals surface area contributed by atoms with E-state index in [1.54, 1.807) is 6.33 Å². The Morgan fingerprint density at radius 1 is 1.43 bits per heavy atom. The molecule has 0 unspecified atom stereocenters. The second-order valence-corrected chi connectivity index (χ2v) is 6.11. The van der Waals surface area contributed by atoms with Crippen molar-refractivity contribution in [3.63, 3.8) is 0 Å². The first kappa shape index (κ1) is 15.9. The first-order chi connectivity index (χ1) is 10.1. The summed E-state index contributed by atoms with van der Waals surface area (Å²) in [5, 5.41) is 13.5. The number of hydrogen-bond acceptors (Lipinski definition) is 4. The number of rotatable bonds is 7. The van der Waals surface area contributed by atoms with Crippen molar-refractivity contribution < 1.29 is 9.90 Å². The first-order valence-corrected chi connectivity index (χ1v) is 7.87. The average Bonchev–Trinajstić information content (AvgIpc) is 2.87. The molecule has 1 N–H and O–H groups in total. The van der Waals surface area contributed by atoms with Crippen LogP contribution in [0.3, 0.4) is 0 Å². The molecule has 0 aromatic carbocycles. The molecule has 1 fully saturated rings. The third kappa shape index (κ3) is 3.81. The van der Waals surface area contributed by atoms with Gasteiger partial charge in [-0.3, -0.25) is 9.69 Å². The molecule has 1 aliphatic carbocycles. The smallest absolute Gasteiger partial charge is 0.305 e. The van der Waals surface area contributed by atoms with Gasteiger partial charge in [0.2, 0.25) is 0 Å². The molecule has 1 aromatic rings. The van der Waals surface area contributed by atoms with Crippen molar-refractivity contribution in [2.24, 2.45) is 0 Å². The van der Waals surface area contributed by atoms with Crippen molar-refractivity contribution in [1.29, 1.82) is 0 Å². The maximum absolute atomic E-state index is 11.3. The Labute approximate surface area is 126 Å². The van der Waals surface area contributed by atoms with Gasteiger partial charge < -0.3 is 5.11 Å². The molecule has 0 spiro atoms. The van der Waals surface area contributed by atoms with Gasteiger partial charge in [-0.25, -0.2) is 9.67 Å². The maximum Gasteiger partial charge on any atom is 0.305 e. The van der Waals surface area contributed by atoms with E-state index in [1.807, 2.05) is 11.7 Å². The highest BCUT2D eigenvalue weighted by Gasteiger charge is 2.38. The van der Waals surface area contributed by atoms with Gasteiger partial charge in [0.15, 0.2) is 0 Å². The number of nitrogens with zero attached hydrogens (tertiary/aromatic N) is 4. The SMILES string of the molecule is CCCn1ncnc1CN(C)C1(CC(=O)O)CCCCC1. The van der Waals surface area contributed by atoms with Gasteiger partial charge in [0.1, 0.15) is 12.2 Å². The van der Waals surface area contributed by atoms with Crippen molar-refractivity contribution in [1.82, 2.24) is 19.7 Å². The van der Waals surface area contributed by atoms with Gasteiger partial charge in [0.05, 0.1) is 13.0 Å². The topological polar surface area (TPSA) is 71.2 Å². The van der Waals surface area contributed by atoms with Gasteiger partial charge in [0.25, 0.3) is 0 Å². The van der Waals surface area contributed by atoms with Crippen molar-refractivity contribution in [3.8, 4) is 0 Å². The molecule has 118 valence electrons. The molecule has 1 aromatic heterocycles. The fourth-order valence-corrected chi connectivity index (χ4v) is 3.37. The Hall–Kier alpha value is -1.43. The number of carboxylic acids is 1. The van der Waals surface area contributed by atoms with Gasteiger partial charge in [-0.05, 0) is 26.3 Å².